The van der Waals surface area contributed by atoms with E-state index in [1.807, 2.05) is 56.0 Å². The molecule has 248 valence electrons. The number of piperazine rings is 1. The second kappa shape index (κ2) is 14.0. The number of amides is 2. The minimum Gasteiger partial charge on any atom is -0.444 e. The summed E-state index contributed by atoms with van der Waals surface area (Å²) >= 11 is 0. The van der Waals surface area contributed by atoms with Gasteiger partial charge in [-0.2, -0.15) is 0 Å². The molecule has 2 aromatic heterocycles. The van der Waals surface area contributed by atoms with E-state index in [0.29, 0.717) is 17.5 Å². The molecule has 6 rings (SSSR count). The number of hydrogen-bond acceptors (Lipinski definition) is 8. The molecule has 2 N–H and O–H groups in total. The lowest BCUT2D eigenvalue weighted by molar-refractivity contribution is 0.0177. The van der Waals surface area contributed by atoms with Gasteiger partial charge >= 0.3 is 6.09 Å². The summed E-state index contributed by atoms with van der Waals surface area (Å²) in [6.45, 7) is 16.4. The monoisotopic (exact) mass is 630 g/mol. The second-order valence-corrected chi connectivity index (χ2v) is 14.3. The average Bonchev–Trinajstić information content (AvgIpc) is 3.64. The SMILES string of the molecule is C[C@H]1CCCN1Cc1nc2ccc(NC(=O)c3ccc(N4CCN(CCC5CCN(C(=O)OC(C)(C)C)CC5)CC4)nc3)cc2[nH]1. The molecule has 11 nitrogen and oxygen atoms in total. The van der Waals surface area contributed by atoms with Gasteiger partial charge in [-0.3, -0.25) is 14.6 Å². The highest BCUT2D eigenvalue weighted by atomic mass is 16.6. The van der Waals surface area contributed by atoms with E-state index >= 15 is 0 Å². The maximum atomic E-state index is 13.0. The third kappa shape index (κ3) is 8.17. The van der Waals surface area contributed by atoms with Crippen LogP contribution in [0.5, 0.6) is 0 Å². The van der Waals surface area contributed by atoms with Crippen molar-refractivity contribution in [1.82, 2.24) is 29.7 Å². The number of carbonyl (C=O) groups is 2. The lowest BCUT2D eigenvalue weighted by Gasteiger charge is -2.37. The number of imidazole rings is 1. The summed E-state index contributed by atoms with van der Waals surface area (Å²) in [4.78, 5) is 47.4. The van der Waals surface area contributed by atoms with Gasteiger partial charge in [-0.1, -0.05) is 0 Å². The summed E-state index contributed by atoms with van der Waals surface area (Å²) in [7, 11) is 0. The molecular weight excluding hydrogens is 580 g/mol. The number of fused-ring (bicyclic) bond motifs is 1. The van der Waals surface area contributed by atoms with Gasteiger partial charge in [0.2, 0.25) is 0 Å². The smallest absolute Gasteiger partial charge is 0.410 e. The van der Waals surface area contributed by atoms with Gasteiger partial charge in [-0.05, 0) is 109 Å². The predicted molar refractivity (Wildman–Crippen MR) is 181 cm³/mol. The minimum atomic E-state index is -0.448. The topological polar surface area (TPSA) is 110 Å². The Kier molecular flexibility index (Phi) is 9.79. The molecule has 0 bridgehead atoms. The molecule has 3 aliphatic rings. The van der Waals surface area contributed by atoms with E-state index in [2.05, 4.69) is 36.9 Å². The van der Waals surface area contributed by atoms with Gasteiger partial charge in [-0.25, -0.2) is 14.8 Å². The zero-order valence-corrected chi connectivity index (χ0v) is 27.9. The summed E-state index contributed by atoms with van der Waals surface area (Å²) in [6, 6.07) is 10.2. The van der Waals surface area contributed by atoms with Gasteiger partial charge in [0.25, 0.3) is 5.91 Å². The fraction of sp³-hybridized carbons (Fsp3) is 0.600. The highest BCUT2D eigenvalue weighted by Crippen LogP contribution is 2.25. The van der Waals surface area contributed by atoms with Gasteiger partial charge in [0.05, 0.1) is 23.1 Å². The van der Waals surface area contributed by atoms with Gasteiger partial charge in [0, 0.05) is 57.2 Å². The zero-order valence-electron chi connectivity index (χ0n) is 27.9. The molecule has 1 aromatic carbocycles. The molecule has 0 spiro atoms. The molecule has 3 aliphatic heterocycles. The van der Waals surface area contributed by atoms with Crippen LogP contribution in [0, 0.1) is 5.92 Å². The molecule has 3 saturated heterocycles. The highest BCUT2D eigenvalue weighted by Gasteiger charge is 2.28. The summed E-state index contributed by atoms with van der Waals surface area (Å²) in [5.41, 5.74) is 2.66. The van der Waals surface area contributed by atoms with Crippen LogP contribution in [0.25, 0.3) is 11.0 Å². The summed E-state index contributed by atoms with van der Waals surface area (Å²) in [5, 5.41) is 3.02. The first kappa shape index (κ1) is 32.2. The van der Waals surface area contributed by atoms with Crippen LogP contribution in [-0.4, -0.2) is 106 Å². The van der Waals surface area contributed by atoms with E-state index in [4.69, 9.17) is 9.72 Å². The van der Waals surface area contributed by atoms with Crippen LogP contribution in [0.1, 0.15) is 76.0 Å². The fourth-order valence-corrected chi connectivity index (χ4v) is 6.84. The van der Waals surface area contributed by atoms with Crippen molar-refractivity contribution in [3.63, 3.8) is 0 Å². The van der Waals surface area contributed by atoms with Crippen molar-refractivity contribution in [1.29, 1.82) is 0 Å². The molecule has 0 saturated carbocycles. The zero-order chi connectivity index (χ0) is 32.3. The number of carbonyl (C=O) groups excluding carboxylic acids is 2. The van der Waals surface area contributed by atoms with Gasteiger partial charge in [0.15, 0.2) is 0 Å². The summed E-state index contributed by atoms with van der Waals surface area (Å²) in [6.07, 6.45) is 7.21. The number of ether oxygens (including phenoxy) is 1. The van der Waals surface area contributed by atoms with Crippen molar-refractivity contribution < 1.29 is 14.3 Å². The van der Waals surface area contributed by atoms with Crippen LogP contribution in [0.3, 0.4) is 0 Å². The number of anilines is 2. The van der Waals surface area contributed by atoms with Crippen LogP contribution in [0.2, 0.25) is 0 Å². The number of hydrogen-bond donors (Lipinski definition) is 2. The molecule has 3 fully saturated rings. The van der Waals surface area contributed by atoms with Crippen molar-refractivity contribution in [3.8, 4) is 0 Å². The molecule has 2 amide bonds. The number of likely N-dealkylation sites (tertiary alicyclic amines) is 2. The van der Waals surface area contributed by atoms with E-state index in [0.717, 1.165) is 107 Å². The van der Waals surface area contributed by atoms with Crippen molar-refractivity contribution in [2.24, 2.45) is 5.92 Å². The first-order valence-electron chi connectivity index (χ1n) is 17.0. The summed E-state index contributed by atoms with van der Waals surface area (Å²) in [5.74, 6) is 2.35. The fourth-order valence-electron chi connectivity index (χ4n) is 6.84. The first-order valence-corrected chi connectivity index (χ1v) is 17.0. The molecule has 1 atom stereocenters. The molecule has 46 heavy (non-hydrogen) atoms. The number of rotatable bonds is 8. The van der Waals surface area contributed by atoms with E-state index < -0.39 is 5.60 Å². The van der Waals surface area contributed by atoms with Crippen molar-refractivity contribution in [2.45, 2.75) is 78.0 Å². The molecule has 3 aromatic rings. The molecular formula is C35H50N8O3. The normalized spacial score (nSPS) is 20.4. The Morgan fingerprint density at radius 3 is 2.46 bits per heavy atom. The van der Waals surface area contributed by atoms with Crippen molar-refractivity contribution in [2.75, 3.05) is 62.6 Å². The number of aromatic nitrogens is 3. The minimum absolute atomic E-state index is 0.175. The van der Waals surface area contributed by atoms with E-state index in [1.54, 1.807) is 6.20 Å². The quantitative estimate of drug-likeness (QED) is 0.343. The van der Waals surface area contributed by atoms with Crippen LogP contribution < -0.4 is 10.2 Å². The maximum Gasteiger partial charge on any atom is 0.410 e. The van der Waals surface area contributed by atoms with E-state index in [-0.39, 0.29) is 12.0 Å². The maximum absolute atomic E-state index is 13.0. The standard InChI is InChI=1S/C35H50N8O3/c1-25-6-5-14-43(25)24-31-38-29-9-8-28(22-30(29)39-31)37-33(44)27-7-10-32(36-23-27)41-20-18-40(19-21-41)15-11-26-12-16-42(17-13-26)34(45)46-35(2,3)4/h7-10,22-23,25-26H,5-6,11-21,24H2,1-4H3,(H,37,44)(H,38,39)/t25-/m0/s1. The van der Waals surface area contributed by atoms with Crippen LogP contribution in [-0.2, 0) is 11.3 Å². The molecule has 0 unspecified atom stereocenters. The Morgan fingerprint density at radius 2 is 1.78 bits per heavy atom. The Morgan fingerprint density at radius 1 is 1.00 bits per heavy atom. The van der Waals surface area contributed by atoms with Gasteiger partial charge < -0.3 is 24.8 Å². The van der Waals surface area contributed by atoms with Crippen LogP contribution in [0.4, 0.5) is 16.3 Å². The number of piperidine rings is 1. The van der Waals surface area contributed by atoms with E-state index in [9.17, 15) is 9.59 Å². The van der Waals surface area contributed by atoms with Gasteiger partial charge in [-0.15, -0.1) is 0 Å². The highest BCUT2D eigenvalue weighted by molar-refractivity contribution is 6.04. The van der Waals surface area contributed by atoms with Crippen LogP contribution in [0.15, 0.2) is 36.5 Å². The molecule has 0 aliphatic carbocycles. The average molecular weight is 631 g/mol. The lowest BCUT2D eigenvalue weighted by Crippen LogP contribution is -2.47. The van der Waals surface area contributed by atoms with Crippen molar-refractivity contribution in [3.05, 3.63) is 47.9 Å². The number of benzene rings is 1. The molecule has 5 heterocycles. The van der Waals surface area contributed by atoms with Gasteiger partial charge in [0.1, 0.15) is 17.2 Å². The number of nitrogens with zero attached hydrogens (tertiary/aromatic N) is 6. The largest absolute Gasteiger partial charge is 0.444 e. The second-order valence-electron chi connectivity index (χ2n) is 14.3. The lowest BCUT2D eigenvalue weighted by atomic mass is 9.93. The third-order valence-corrected chi connectivity index (χ3v) is 9.66. The number of H-pyrrole nitrogens is 1. The molecule has 0 radical (unpaired) electrons. The number of aromatic amines is 1. The predicted octanol–water partition coefficient (Wildman–Crippen LogP) is 5.35. The Bertz CT molecular complexity index is 1480. The molecule has 11 heteroatoms. The number of nitrogens with one attached hydrogen (secondary N) is 2. The van der Waals surface area contributed by atoms with E-state index in [1.165, 1.54) is 12.8 Å². The summed E-state index contributed by atoms with van der Waals surface area (Å²) < 4.78 is 5.53. The Balaban J connectivity index is 0.929. The Hall–Kier alpha value is -3.70. The van der Waals surface area contributed by atoms with Crippen molar-refractivity contribution >= 4 is 34.5 Å². The number of pyridine rings is 1. The van der Waals surface area contributed by atoms with Crippen LogP contribution >= 0.6 is 0 Å². The Labute approximate surface area is 272 Å². The third-order valence-electron chi connectivity index (χ3n) is 9.66. The first-order chi connectivity index (χ1) is 22.1.